The van der Waals surface area contributed by atoms with Crippen molar-refractivity contribution in [3.63, 3.8) is 0 Å². The zero-order valence-corrected chi connectivity index (χ0v) is 10.9. The number of rotatable bonds is 2. The lowest BCUT2D eigenvalue weighted by Crippen LogP contribution is -2.52. The van der Waals surface area contributed by atoms with E-state index >= 15 is 0 Å². The molecule has 3 N–H and O–H groups in total. The second kappa shape index (κ2) is 6.34. The van der Waals surface area contributed by atoms with Crippen LogP contribution in [-0.4, -0.2) is 53.9 Å². The Balaban J connectivity index is 2.55. The molecule has 7 nitrogen and oxygen atoms in total. The number of likely N-dealkylation sites (tertiary alicyclic amines) is 1. The number of hydrogen-bond donors (Lipinski definition) is 3. The third-order valence-electron chi connectivity index (χ3n) is 3.25. The highest BCUT2D eigenvalue weighted by molar-refractivity contribution is 5.96. The van der Waals surface area contributed by atoms with Crippen LogP contribution in [0.15, 0.2) is 5.16 Å². The van der Waals surface area contributed by atoms with Crippen LogP contribution in [0.4, 0.5) is 4.79 Å². The molecule has 0 aromatic rings. The summed E-state index contributed by atoms with van der Waals surface area (Å²) >= 11 is 0. The van der Waals surface area contributed by atoms with E-state index in [-0.39, 0.29) is 17.9 Å². The highest BCUT2D eigenvalue weighted by Crippen LogP contribution is 2.16. The Hall–Kier alpha value is -1.63. The van der Waals surface area contributed by atoms with Gasteiger partial charge >= 0.3 is 6.03 Å². The molecule has 1 rings (SSSR count). The SMILES string of the molecule is CNC(=O)NC(=O)C(C)N1CCC(=NO)C(C)C1. The summed E-state index contributed by atoms with van der Waals surface area (Å²) in [7, 11) is 1.46. The Bertz CT molecular complexity index is 356. The van der Waals surface area contributed by atoms with E-state index in [0.29, 0.717) is 19.5 Å². The van der Waals surface area contributed by atoms with Crippen LogP contribution < -0.4 is 10.6 Å². The summed E-state index contributed by atoms with van der Waals surface area (Å²) in [5.41, 5.74) is 0.755. The molecule has 2 atom stereocenters. The maximum Gasteiger partial charge on any atom is 0.321 e. The van der Waals surface area contributed by atoms with Crippen molar-refractivity contribution in [2.75, 3.05) is 20.1 Å². The van der Waals surface area contributed by atoms with Gasteiger partial charge in [0.25, 0.3) is 0 Å². The molecule has 102 valence electrons. The van der Waals surface area contributed by atoms with Gasteiger partial charge in [-0.15, -0.1) is 0 Å². The van der Waals surface area contributed by atoms with Gasteiger partial charge in [0.05, 0.1) is 11.8 Å². The number of nitrogens with one attached hydrogen (secondary N) is 2. The van der Waals surface area contributed by atoms with Crippen LogP contribution in [0, 0.1) is 5.92 Å². The van der Waals surface area contributed by atoms with Crippen molar-refractivity contribution in [2.24, 2.45) is 11.1 Å². The molecule has 0 bridgehead atoms. The van der Waals surface area contributed by atoms with Gasteiger partial charge in [-0.2, -0.15) is 0 Å². The van der Waals surface area contributed by atoms with Gasteiger partial charge in [0.1, 0.15) is 0 Å². The molecular weight excluding hydrogens is 236 g/mol. The Kier molecular flexibility index (Phi) is 5.08. The van der Waals surface area contributed by atoms with Crippen LogP contribution in [0.3, 0.4) is 0 Å². The van der Waals surface area contributed by atoms with E-state index < -0.39 is 6.03 Å². The molecule has 2 unspecified atom stereocenters. The maximum atomic E-state index is 11.8. The number of urea groups is 1. The Morgan fingerprint density at radius 2 is 2.22 bits per heavy atom. The van der Waals surface area contributed by atoms with Crippen molar-refractivity contribution in [1.29, 1.82) is 0 Å². The number of imide groups is 1. The molecule has 0 spiro atoms. The van der Waals surface area contributed by atoms with Crippen LogP contribution in [0.1, 0.15) is 20.3 Å². The fraction of sp³-hybridized carbons (Fsp3) is 0.727. The quantitative estimate of drug-likeness (QED) is 0.479. The molecule has 1 aliphatic rings. The molecule has 0 aromatic carbocycles. The molecule has 1 heterocycles. The average Bonchev–Trinajstić information content (AvgIpc) is 2.37. The van der Waals surface area contributed by atoms with Gasteiger partial charge in [0.2, 0.25) is 5.91 Å². The summed E-state index contributed by atoms with van der Waals surface area (Å²) < 4.78 is 0. The van der Waals surface area contributed by atoms with Crippen LogP contribution >= 0.6 is 0 Å². The first-order valence-corrected chi connectivity index (χ1v) is 5.97. The zero-order chi connectivity index (χ0) is 13.7. The standard InChI is InChI=1S/C11H20N4O3/c1-7-6-15(5-4-9(7)14-18)8(2)10(16)13-11(17)12-3/h7-8,18H,4-6H2,1-3H3,(H2,12,13,16,17). The minimum atomic E-state index is -0.505. The Labute approximate surface area is 106 Å². The van der Waals surface area contributed by atoms with Crippen molar-refractivity contribution in [2.45, 2.75) is 26.3 Å². The number of piperidine rings is 1. The fourth-order valence-electron chi connectivity index (χ4n) is 2.00. The molecule has 1 saturated heterocycles. The first-order valence-electron chi connectivity index (χ1n) is 5.97. The monoisotopic (exact) mass is 256 g/mol. The van der Waals surface area contributed by atoms with Crippen LogP contribution in [0.2, 0.25) is 0 Å². The summed E-state index contributed by atoms with van der Waals surface area (Å²) in [6.07, 6.45) is 0.634. The number of oxime groups is 1. The van der Waals surface area contributed by atoms with Crippen LogP contribution in [0.25, 0.3) is 0 Å². The molecule has 0 aromatic heterocycles. The van der Waals surface area contributed by atoms with E-state index in [9.17, 15) is 9.59 Å². The lowest BCUT2D eigenvalue weighted by molar-refractivity contribution is -0.125. The van der Waals surface area contributed by atoms with Gasteiger partial charge in [0, 0.05) is 32.5 Å². The predicted octanol–water partition coefficient (Wildman–Crippen LogP) is 0.00250. The van der Waals surface area contributed by atoms with E-state index in [1.54, 1.807) is 6.92 Å². The van der Waals surface area contributed by atoms with Gasteiger partial charge in [-0.1, -0.05) is 12.1 Å². The summed E-state index contributed by atoms with van der Waals surface area (Å²) in [6, 6.07) is -0.889. The summed E-state index contributed by atoms with van der Waals surface area (Å²) in [4.78, 5) is 24.8. The van der Waals surface area contributed by atoms with Crippen molar-refractivity contribution in [1.82, 2.24) is 15.5 Å². The van der Waals surface area contributed by atoms with Crippen LogP contribution in [0.5, 0.6) is 0 Å². The van der Waals surface area contributed by atoms with Gasteiger partial charge in [-0.05, 0) is 6.92 Å². The molecule has 1 fully saturated rings. The largest absolute Gasteiger partial charge is 0.411 e. The molecule has 0 saturated carbocycles. The zero-order valence-electron chi connectivity index (χ0n) is 10.9. The van der Waals surface area contributed by atoms with Gasteiger partial charge in [-0.3, -0.25) is 15.0 Å². The number of nitrogens with zero attached hydrogens (tertiary/aromatic N) is 2. The molecule has 1 aliphatic heterocycles. The average molecular weight is 256 g/mol. The number of hydrogen-bond acceptors (Lipinski definition) is 5. The normalized spacial score (nSPS) is 24.6. The number of amides is 3. The topological polar surface area (TPSA) is 94.0 Å². The second-order valence-electron chi connectivity index (χ2n) is 4.48. The van der Waals surface area contributed by atoms with E-state index in [4.69, 9.17) is 5.21 Å². The van der Waals surface area contributed by atoms with Gasteiger partial charge in [0.15, 0.2) is 0 Å². The predicted molar refractivity (Wildman–Crippen MR) is 66.6 cm³/mol. The smallest absolute Gasteiger partial charge is 0.321 e. The third kappa shape index (κ3) is 3.43. The second-order valence-corrected chi connectivity index (χ2v) is 4.48. The molecule has 18 heavy (non-hydrogen) atoms. The van der Waals surface area contributed by atoms with Crippen LogP contribution in [-0.2, 0) is 4.79 Å². The first-order chi connectivity index (χ1) is 8.49. The lowest BCUT2D eigenvalue weighted by Gasteiger charge is -2.34. The minimum Gasteiger partial charge on any atom is -0.411 e. The van der Waals surface area contributed by atoms with E-state index in [2.05, 4.69) is 15.8 Å². The third-order valence-corrected chi connectivity index (χ3v) is 3.25. The highest BCUT2D eigenvalue weighted by atomic mass is 16.4. The minimum absolute atomic E-state index is 0.110. The fourth-order valence-corrected chi connectivity index (χ4v) is 2.00. The lowest BCUT2D eigenvalue weighted by atomic mass is 9.96. The highest BCUT2D eigenvalue weighted by Gasteiger charge is 2.29. The van der Waals surface area contributed by atoms with Gasteiger partial charge < -0.3 is 10.5 Å². The Morgan fingerprint density at radius 3 is 2.72 bits per heavy atom. The molecule has 3 amide bonds. The molecule has 0 aliphatic carbocycles. The van der Waals surface area contributed by atoms with Crippen molar-refractivity contribution in [3.8, 4) is 0 Å². The summed E-state index contributed by atoms with van der Waals surface area (Å²) in [6.45, 7) is 4.99. The van der Waals surface area contributed by atoms with E-state index in [0.717, 1.165) is 5.71 Å². The van der Waals surface area contributed by atoms with Crippen molar-refractivity contribution < 1.29 is 14.8 Å². The van der Waals surface area contributed by atoms with E-state index in [1.807, 2.05) is 11.8 Å². The van der Waals surface area contributed by atoms with E-state index in [1.165, 1.54) is 7.05 Å². The van der Waals surface area contributed by atoms with Crippen molar-refractivity contribution in [3.05, 3.63) is 0 Å². The molecular formula is C11H20N4O3. The maximum absolute atomic E-state index is 11.8. The summed E-state index contributed by atoms with van der Waals surface area (Å²) in [5, 5.41) is 16.6. The Morgan fingerprint density at radius 1 is 1.56 bits per heavy atom. The first kappa shape index (κ1) is 14.4. The molecule has 0 radical (unpaired) electrons. The number of carbonyl (C=O) groups excluding carboxylic acids is 2. The van der Waals surface area contributed by atoms with Gasteiger partial charge in [-0.25, -0.2) is 4.79 Å². The summed E-state index contributed by atoms with van der Waals surface area (Å²) in [5.74, 6) is -0.218. The van der Waals surface area contributed by atoms with Crippen molar-refractivity contribution >= 4 is 17.6 Å². The number of carbonyl (C=O) groups is 2. The molecule has 7 heteroatoms.